The summed E-state index contributed by atoms with van der Waals surface area (Å²) in [5.41, 5.74) is 5.01. The molecule has 50 heavy (non-hydrogen) atoms. The molecular formula is C39H50O9S2. The van der Waals surface area contributed by atoms with E-state index < -0.39 is 18.1 Å². The molecule has 0 spiro atoms. The monoisotopic (exact) mass is 726 g/mol. The Morgan fingerprint density at radius 3 is 2.42 bits per heavy atom. The van der Waals surface area contributed by atoms with E-state index in [1.54, 1.807) is 29.0 Å². The minimum Gasteiger partial charge on any atom is -0.508 e. The highest BCUT2D eigenvalue weighted by Gasteiger charge is 2.46. The highest BCUT2D eigenvalue weighted by molar-refractivity contribution is 8.76. The Balaban J connectivity index is 1.55. The Bertz CT molecular complexity index is 1650. The van der Waals surface area contributed by atoms with Crippen molar-refractivity contribution in [3.8, 4) is 45.6 Å². The lowest BCUT2D eigenvalue weighted by Gasteiger charge is -2.43. The molecule has 0 fully saturated rings. The number of fused-ring (bicyclic) bond motifs is 4. The summed E-state index contributed by atoms with van der Waals surface area (Å²) in [4.78, 5) is 0. The van der Waals surface area contributed by atoms with Crippen LogP contribution in [-0.4, -0.2) is 76.7 Å². The fraction of sp³-hybridized carbons (Fsp3) is 0.538. The van der Waals surface area contributed by atoms with E-state index in [0.717, 1.165) is 59.3 Å². The molecule has 0 saturated heterocycles. The lowest BCUT2D eigenvalue weighted by atomic mass is 9.66. The molecule has 11 heteroatoms. The number of hydrogen-bond acceptors (Lipinski definition) is 11. The Morgan fingerprint density at radius 1 is 0.900 bits per heavy atom. The molecule has 0 unspecified atom stereocenters. The van der Waals surface area contributed by atoms with Crippen molar-refractivity contribution in [3.05, 3.63) is 58.7 Å². The second-order valence-corrected chi connectivity index (χ2v) is 16.8. The number of ether oxygens (including phenoxy) is 4. The Kier molecular flexibility index (Phi) is 11.9. The molecule has 0 aromatic heterocycles. The Hall–Kier alpha value is -2.96. The van der Waals surface area contributed by atoms with Crippen molar-refractivity contribution >= 4 is 21.6 Å². The number of aliphatic hydroxyl groups excluding tert-OH is 3. The number of phenolic OH excluding ortho intramolecular Hbond substituents is 2. The van der Waals surface area contributed by atoms with Crippen molar-refractivity contribution in [2.24, 2.45) is 11.8 Å². The summed E-state index contributed by atoms with van der Waals surface area (Å²) in [6.07, 6.45) is 1.81. The fourth-order valence-corrected chi connectivity index (χ4v) is 10.3. The van der Waals surface area contributed by atoms with Gasteiger partial charge in [0.2, 0.25) is 5.75 Å². The molecule has 3 aromatic carbocycles. The highest BCUT2D eigenvalue weighted by atomic mass is 33.1. The van der Waals surface area contributed by atoms with E-state index in [1.165, 1.54) is 7.11 Å². The molecule has 272 valence electrons. The molecule has 2 bridgehead atoms. The van der Waals surface area contributed by atoms with Gasteiger partial charge in [0.25, 0.3) is 0 Å². The first-order valence-electron chi connectivity index (χ1n) is 17.7. The van der Waals surface area contributed by atoms with Gasteiger partial charge in [0.15, 0.2) is 17.6 Å². The van der Waals surface area contributed by atoms with Crippen LogP contribution in [0.1, 0.15) is 92.6 Å². The van der Waals surface area contributed by atoms with Gasteiger partial charge in [0.1, 0.15) is 30.0 Å². The first-order chi connectivity index (χ1) is 24.2. The second kappa shape index (κ2) is 16.2. The third kappa shape index (κ3) is 7.35. The summed E-state index contributed by atoms with van der Waals surface area (Å²) < 4.78 is 24.6. The first-order valence-corrected chi connectivity index (χ1v) is 20.2. The molecule has 1 aliphatic carbocycles. The number of benzene rings is 3. The first kappa shape index (κ1) is 36.8. The molecule has 3 aliphatic rings. The predicted molar refractivity (Wildman–Crippen MR) is 198 cm³/mol. The van der Waals surface area contributed by atoms with Gasteiger partial charge in [-0.1, -0.05) is 54.8 Å². The molecule has 6 rings (SSSR count). The highest BCUT2D eigenvalue weighted by Crippen LogP contribution is 2.60. The molecule has 2 heterocycles. The van der Waals surface area contributed by atoms with Crippen molar-refractivity contribution in [3.63, 3.8) is 0 Å². The van der Waals surface area contributed by atoms with Crippen LogP contribution in [0.15, 0.2) is 36.4 Å². The zero-order valence-electron chi connectivity index (χ0n) is 29.3. The van der Waals surface area contributed by atoms with E-state index in [1.807, 2.05) is 29.0 Å². The molecular weight excluding hydrogens is 677 g/mol. The van der Waals surface area contributed by atoms with Crippen LogP contribution in [0.3, 0.4) is 0 Å². The Morgan fingerprint density at radius 2 is 1.68 bits per heavy atom. The van der Waals surface area contributed by atoms with Crippen LogP contribution in [0.4, 0.5) is 0 Å². The fourth-order valence-electron chi connectivity index (χ4n) is 7.67. The van der Waals surface area contributed by atoms with E-state index in [4.69, 9.17) is 18.9 Å². The minimum atomic E-state index is -0.996. The second-order valence-electron chi connectivity index (χ2n) is 14.1. The SMILES string of the molecule is COc1cc([C@@H]2Oc3cc(OCCO)c4c5c3[C@@H](CSSCC[C@@H](C)CC[C@@H](c3cc(O)ccc3-4)[C@@H]5CO)[C@H]2O)cc(OCCC(C)C)c1O. The molecule has 0 saturated carbocycles. The van der Waals surface area contributed by atoms with E-state index >= 15 is 0 Å². The average molecular weight is 727 g/mol. The summed E-state index contributed by atoms with van der Waals surface area (Å²) in [6.45, 7) is 6.61. The Labute approximate surface area is 302 Å². The number of hydrogen-bond donors (Lipinski definition) is 5. The summed E-state index contributed by atoms with van der Waals surface area (Å²) >= 11 is 0. The average Bonchev–Trinajstić information content (AvgIpc) is 3.10. The summed E-state index contributed by atoms with van der Waals surface area (Å²) in [5.74, 6) is 3.23. The zero-order chi connectivity index (χ0) is 35.5. The summed E-state index contributed by atoms with van der Waals surface area (Å²) in [6, 6.07) is 10.6. The van der Waals surface area contributed by atoms with Gasteiger partial charge in [-0.15, -0.1) is 0 Å². The topological polar surface area (TPSA) is 138 Å². The number of rotatable bonds is 10. The van der Waals surface area contributed by atoms with Crippen molar-refractivity contribution in [2.75, 3.05) is 45.0 Å². The minimum absolute atomic E-state index is 0.0532. The van der Waals surface area contributed by atoms with Crippen molar-refractivity contribution in [2.45, 2.75) is 76.4 Å². The molecule has 0 radical (unpaired) electrons. The van der Waals surface area contributed by atoms with E-state index in [9.17, 15) is 25.5 Å². The number of phenols is 2. The van der Waals surface area contributed by atoms with Gasteiger partial charge in [-0.3, -0.25) is 0 Å². The number of methoxy groups -OCH3 is 1. The van der Waals surface area contributed by atoms with Gasteiger partial charge in [-0.05, 0) is 78.0 Å². The molecule has 5 N–H and O–H groups in total. The molecule has 2 aliphatic heterocycles. The lowest BCUT2D eigenvalue weighted by Crippen LogP contribution is -2.37. The van der Waals surface area contributed by atoms with E-state index in [-0.39, 0.29) is 54.7 Å². The zero-order valence-corrected chi connectivity index (χ0v) is 30.9. The summed E-state index contributed by atoms with van der Waals surface area (Å²) in [7, 11) is 5.03. The van der Waals surface area contributed by atoms with Crippen LogP contribution in [-0.2, 0) is 0 Å². The smallest absolute Gasteiger partial charge is 0.200 e. The van der Waals surface area contributed by atoms with Gasteiger partial charge in [-0.25, -0.2) is 0 Å². The van der Waals surface area contributed by atoms with Crippen molar-refractivity contribution in [1.82, 2.24) is 0 Å². The van der Waals surface area contributed by atoms with Gasteiger partial charge < -0.3 is 44.5 Å². The van der Waals surface area contributed by atoms with Gasteiger partial charge in [0.05, 0.1) is 26.9 Å². The number of aliphatic hydroxyl groups is 3. The quantitative estimate of drug-likeness (QED) is 0.133. The molecule has 3 aromatic rings. The van der Waals surface area contributed by atoms with Crippen LogP contribution in [0.5, 0.6) is 34.5 Å². The predicted octanol–water partition coefficient (Wildman–Crippen LogP) is 7.52. The van der Waals surface area contributed by atoms with Gasteiger partial charge in [0, 0.05) is 46.1 Å². The van der Waals surface area contributed by atoms with Crippen molar-refractivity contribution in [1.29, 1.82) is 0 Å². The maximum Gasteiger partial charge on any atom is 0.200 e. The number of aromatic hydroxyl groups is 2. The maximum absolute atomic E-state index is 12.4. The third-order valence-electron chi connectivity index (χ3n) is 10.3. The van der Waals surface area contributed by atoms with Crippen molar-refractivity contribution < 1.29 is 44.5 Å². The van der Waals surface area contributed by atoms with E-state index in [2.05, 4.69) is 20.8 Å². The van der Waals surface area contributed by atoms with Crippen LogP contribution in [0.2, 0.25) is 0 Å². The standard InChI is InChI=1S/C39H50O9S2/c1-21(2)9-12-46-33-16-23(15-32(45-4)38(33)44)39-37(43)29-20-50-49-14-10-22(3)5-7-25-27-17-24(42)6-8-26(27)34-30(47-13-11-40)18-31(48-39)35(29)36(34)28(25)19-41/h6,8,15-18,21-22,25,28-29,37,39-44H,5,7,9-14,19-20H2,1-4H3/t22-,25-,28-,29+,37+,39-/m0/s1. The van der Waals surface area contributed by atoms with Gasteiger partial charge in [-0.2, -0.15) is 0 Å². The third-order valence-corrected chi connectivity index (χ3v) is 12.8. The van der Waals surface area contributed by atoms with Crippen LogP contribution in [0.25, 0.3) is 11.1 Å². The van der Waals surface area contributed by atoms with Crippen LogP contribution >= 0.6 is 21.6 Å². The van der Waals surface area contributed by atoms with Crippen LogP contribution in [0, 0.1) is 11.8 Å². The molecule has 9 nitrogen and oxygen atoms in total. The largest absolute Gasteiger partial charge is 0.508 e. The molecule has 0 amide bonds. The normalized spacial score (nSPS) is 24.6. The van der Waals surface area contributed by atoms with Crippen LogP contribution < -0.4 is 18.9 Å². The molecule has 6 atom stereocenters. The lowest BCUT2D eigenvalue weighted by molar-refractivity contribution is 0.00381. The van der Waals surface area contributed by atoms with Gasteiger partial charge >= 0.3 is 0 Å². The maximum atomic E-state index is 12.4. The summed E-state index contributed by atoms with van der Waals surface area (Å²) in [5, 5.41) is 55.1. The van der Waals surface area contributed by atoms with E-state index in [0.29, 0.717) is 41.3 Å².